The topological polar surface area (TPSA) is 104 Å². The molecule has 1 fully saturated rings. The monoisotopic (exact) mass is 610 g/mol. The third kappa shape index (κ3) is 7.48. The molecule has 4 rings (SSSR count). The van der Waals surface area contributed by atoms with Crippen molar-refractivity contribution in [3.8, 4) is 0 Å². The second-order valence-corrected chi connectivity index (χ2v) is 12.4. The average Bonchev–Trinajstić information content (AvgIpc) is 3.74. The summed E-state index contributed by atoms with van der Waals surface area (Å²) in [5.41, 5.74) is -0.606. The summed E-state index contributed by atoms with van der Waals surface area (Å²) in [6.45, 7) is 6.20. The number of nitrogens with zero attached hydrogens (tertiary/aromatic N) is 2. The van der Waals surface area contributed by atoms with Crippen LogP contribution in [-0.2, 0) is 27.4 Å². The fraction of sp³-hybridized carbons (Fsp3) is 0.424. The summed E-state index contributed by atoms with van der Waals surface area (Å²) in [7, 11) is 3.39. The molecule has 1 saturated carbocycles. The quantitative estimate of drug-likeness (QED) is 0.180. The molecule has 1 atom stereocenters. The number of hydrogen-bond acceptors (Lipinski definition) is 7. The molecule has 1 amide bonds. The number of pyridine rings is 1. The molecule has 0 saturated heterocycles. The molecule has 10 heteroatoms. The van der Waals surface area contributed by atoms with Crippen LogP contribution in [0.25, 0.3) is 0 Å². The lowest BCUT2D eigenvalue weighted by molar-refractivity contribution is -0.143. The van der Waals surface area contributed by atoms with Crippen LogP contribution in [0.5, 0.6) is 0 Å². The van der Waals surface area contributed by atoms with E-state index in [0.29, 0.717) is 23.4 Å². The Morgan fingerprint density at radius 3 is 2.44 bits per heavy atom. The smallest absolute Gasteiger partial charge is 0.233 e. The lowest BCUT2D eigenvalue weighted by atomic mass is 9.85. The normalized spacial score (nSPS) is 15.7. The molecular weight excluding hydrogens is 571 g/mol. The van der Waals surface area contributed by atoms with E-state index in [4.69, 9.17) is 16.3 Å². The van der Waals surface area contributed by atoms with Gasteiger partial charge in [0.15, 0.2) is 12.0 Å². The summed E-state index contributed by atoms with van der Waals surface area (Å²) in [5.74, 6) is -0.815. The van der Waals surface area contributed by atoms with Crippen molar-refractivity contribution in [3.63, 3.8) is 0 Å². The molecule has 43 heavy (non-hydrogen) atoms. The standard InChI is InChI=1S/C33H40ClFN4O4/c1-22-6-11-27(38-16-22)18-39(5)33(24-7-9-26(34)10-8-24,43-21-32(12-13-32)20-37-17-29(41)36-4)30-23(19-40)14-25(15-28(30)35)31(2,3)42/h6-11,14-16,19,37,42H,12-13,17-18,20-21H2,1-5H3,(H,36,41). The molecule has 2 aromatic carbocycles. The fourth-order valence-electron chi connectivity index (χ4n) is 5.21. The molecule has 8 nitrogen and oxygen atoms in total. The van der Waals surface area contributed by atoms with Crippen molar-refractivity contribution < 1.29 is 23.8 Å². The molecule has 1 heterocycles. The van der Waals surface area contributed by atoms with E-state index in [0.717, 1.165) is 24.1 Å². The van der Waals surface area contributed by atoms with Gasteiger partial charge in [0.1, 0.15) is 5.82 Å². The number of carbonyl (C=O) groups excluding carboxylic acids is 2. The molecule has 1 aliphatic carbocycles. The molecule has 3 aromatic rings. The van der Waals surface area contributed by atoms with Gasteiger partial charge in [-0.1, -0.05) is 29.8 Å². The van der Waals surface area contributed by atoms with Gasteiger partial charge in [-0.05, 0) is 82.1 Å². The zero-order valence-corrected chi connectivity index (χ0v) is 26.1. The molecule has 1 unspecified atom stereocenters. The first kappa shape index (κ1) is 32.7. The van der Waals surface area contributed by atoms with Gasteiger partial charge in [-0.3, -0.25) is 19.5 Å². The number of nitrogens with one attached hydrogen (secondary N) is 2. The Morgan fingerprint density at radius 1 is 1.19 bits per heavy atom. The summed E-state index contributed by atoms with van der Waals surface area (Å²) in [4.78, 5) is 30.9. The highest BCUT2D eigenvalue weighted by Crippen LogP contribution is 2.49. The number of hydrogen-bond donors (Lipinski definition) is 3. The van der Waals surface area contributed by atoms with Crippen LogP contribution in [-0.4, -0.2) is 61.0 Å². The summed E-state index contributed by atoms with van der Waals surface area (Å²) in [6.07, 6.45) is 4.07. The maximum atomic E-state index is 16.5. The van der Waals surface area contributed by atoms with E-state index in [1.165, 1.54) is 26.0 Å². The van der Waals surface area contributed by atoms with Gasteiger partial charge in [-0.2, -0.15) is 0 Å². The molecule has 1 aliphatic rings. The van der Waals surface area contributed by atoms with Gasteiger partial charge in [0.05, 0.1) is 24.4 Å². The number of rotatable bonds is 14. The SMILES string of the molecule is CNC(=O)CNCC1(COC(c2ccc(Cl)cc2)(c2c(F)cc(C(C)(C)O)cc2C=O)N(C)Cc2ccc(C)cn2)CC1. The van der Waals surface area contributed by atoms with Crippen LogP contribution in [0.2, 0.25) is 5.02 Å². The number of likely N-dealkylation sites (N-methyl/N-ethyl adjacent to an activating group) is 1. The second-order valence-electron chi connectivity index (χ2n) is 12.0. The first-order chi connectivity index (χ1) is 20.3. The Balaban J connectivity index is 1.87. The molecule has 230 valence electrons. The van der Waals surface area contributed by atoms with Crippen molar-refractivity contribution >= 4 is 23.8 Å². The summed E-state index contributed by atoms with van der Waals surface area (Å²) < 4.78 is 23.4. The van der Waals surface area contributed by atoms with E-state index in [1.807, 2.05) is 24.0 Å². The van der Waals surface area contributed by atoms with E-state index in [2.05, 4.69) is 15.6 Å². The highest BCUT2D eigenvalue weighted by atomic mass is 35.5. The Labute approximate surface area is 257 Å². The third-order valence-electron chi connectivity index (χ3n) is 8.05. The molecular formula is C33H40ClFN4O4. The van der Waals surface area contributed by atoms with E-state index < -0.39 is 17.1 Å². The Kier molecular flexibility index (Phi) is 10.0. The summed E-state index contributed by atoms with van der Waals surface area (Å²) in [5, 5.41) is 17.0. The number of halogens is 2. The van der Waals surface area contributed by atoms with Crippen LogP contribution in [0.4, 0.5) is 4.39 Å². The number of aldehydes is 1. The van der Waals surface area contributed by atoms with Gasteiger partial charge in [0.2, 0.25) is 5.91 Å². The molecule has 3 N–H and O–H groups in total. The lowest BCUT2D eigenvalue weighted by Gasteiger charge is -2.44. The van der Waals surface area contributed by atoms with Crippen LogP contribution in [0.15, 0.2) is 54.7 Å². The van der Waals surface area contributed by atoms with Crippen molar-refractivity contribution in [2.45, 2.75) is 51.5 Å². The minimum absolute atomic E-state index is 0.0292. The van der Waals surface area contributed by atoms with Gasteiger partial charge in [-0.15, -0.1) is 0 Å². The van der Waals surface area contributed by atoms with Gasteiger partial charge in [0.25, 0.3) is 0 Å². The first-order valence-corrected chi connectivity index (χ1v) is 14.7. The highest BCUT2D eigenvalue weighted by molar-refractivity contribution is 6.30. The van der Waals surface area contributed by atoms with Crippen molar-refractivity contribution in [2.24, 2.45) is 5.41 Å². The minimum Gasteiger partial charge on any atom is -0.386 e. The van der Waals surface area contributed by atoms with Crippen molar-refractivity contribution in [3.05, 3.63) is 99.1 Å². The molecule has 1 aromatic heterocycles. The first-order valence-electron chi connectivity index (χ1n) is 14.3. The van der Waals surface area contributed by atoms with Crippen LogP contribution in [0.3, 0.4) is 0 Å². The van der Waals surface area contributed by atoms with Gasteiger partial charge >= 0.3 is 0 Å². The molecule has 0 aliphatic heterocycles. The molecule has 0 spiro atoms. The number of amides is 1. The predicted molar refractivity (Wildman–Crippen MR) is 164 cm³/mol. The zero-order chi connectivity index (χ0) is 31.4. The van der Waals surface area contributed by atoms with Gasteiger partial charge < -0.3 is 20.5 Å². The van der Waals surface area contributed by atoms with E-state index in [9.17, 15) is 14.7 Å². The third-order valence-corrected chi connectivity index (χ3v) is 8.30. The van der Waals surface area contributed by atoms with E-state index in [1.54, 1.807) is 44.6 Å². The molecule has 0 radical (unpaired) electrons. The van der Waals surface area contributed by atoms with E-state index in [-0.39, 0.29) is 47.7 Å². The number of ether oxygens (including phenoxy) is 1. The lowest BCUT2D eigenvalue weighted by Crippen LogP contribution is -2.49. The van der Waals surface area contributed by atoms with E-state index >= 15 is 4.39 Å². The Bertz CT molecular complexity index is 1440. The number of benzene rings is 2. The largest absolute Gasteiger partial charge is 0.386 e. The van der Waals surface area contributed by atoms with Crippen molar-refractivity contribution in [1.82, 2.24) is 20.5 Å². The average molecular weight is 611 g/mol. The van der Waals surface area contributed by atoms with Crippen LogP contribution in [0, 0.1) is 18.2 Å². The van der Waals surface area contributed by atoms with Crippen LogP contribution < -0.4 is 10.6 Å². The number of aromatic nitrogens is 1. The fourth-order valence-corrected chi connectivity index (χ4v) is 5.34. The molecule has 0 bridgehead atoms. The van der Waals surface area contributed by atoms with Crippen molar-refractivity contribution in [1.29, 1.82) is 0 Å². The Hall–Kier alpha value is -3.21. The van der Waals surface area contributed by atoms with Gasteiger partial charge in [-0.25, -0.2) is 4.39 Å². The summed E-state index contributed by atoms with van der Waals surface area (Å²) >= 11 is 6.28. The maximum Gasteiger partial charge on any atom is 0.233 e. The van der Waals surface area contributed by atoms with Crippen molar-refractivity contribution in [2.75, 3.05) is 33.8 Å². The second kappa shape index (κ2) is 13.2. The Morgan fingerprint density at radius 2 is 1.88 bits per heavy atom. The van der Waals surface area contributed by atoms with Crippen LogP contribution in [0.1, 0.15) is 65.0 Å². The number of aliphatic hydroxyl groups is 1. The predicted octanol–water partition coefficient (Wildman–Crippen LogP) is 4.69. The highest BCUT2D eigenvalue weighted by Gasteiger charge is 2.49. The zero-order valence-electron chi connectivity index (χ0n) is 25.3. The van der Waals surface area contributed by atoms with Gasteiger partial charge in [0, 0.05) is 53.5 Å². The number of aryl methyl sites for hydroxylation is 1. The number of carbonyl (C=O) groups is 2. The minimum atomic E-state index is -1.59. The maximum absolute atomic E-state index is 16.5. The van der Waals surface area contributed by atoms with Crippen LogP contribution >= 0.6 is 11.6 Å². The summed E-state index contributed by atoms with van der Waals surface area (Å²) in [6, 6.07) is 13.6.